The number of amides is 2. The van der Waals surface area contributed by atoms with E-state index in [1.54, 1.807) is 23.9 Å². The largest absolute Gasteiger partial charge is 0.464 e. The molecule has 0 aliphatic heterocycles. The van der Waals surface area contributed by atoms with E-state index in [1.807, 2.05) is 0 Å². The van der Waals surface area contributed by atoms with Crippen molar-refractivity contribution in [3.63, 3.8) is 0 Å². The molecule has 0 saturated heterocycles. The van der Waals surface area contributed by atoms with Gasteiger partial charge in [0, 0.05) is 26.9 Å². The van der Waals surface area contributed by atoms with Gasteiger partial charge < -0.3 is 19.3 Å². The number of carbonyl (C=O) groups is 4. The van der Waals surface area contributed by atoms with Gasteiger partial charge in [0.1, 0.15) is 13.2 Å². The highest BCUT2D eigenvalue weighted by atomic mass is 16.5. The van der Waals surface area contributed by atoms with Crippen molar-refractivity contribution in [1.29, 1.82) is 0 Å². The standard InChI is InChI=1S/C46H84N2O6/c1-5-7-9-11-13-15-17-19-21-23-25-27-29-31-33-35-43(49)47(3)39-41-53-45(51)37-38-46(52)54-42-40-48(4)44(50)36-34-32-30-28-26-24-22-20-18-16-14-12-10-8-6-2/h19-22H,5-18,23-42H2,1-4H3. The molecule has 2 amide bonds. The van der Waals surface area contributed by atoms with E-state index < -0.39 is 11.9 Å². The van der Waals surface area contributed by atoms with Gasteiger partial charge in [-0.1, -0.05) is 141 Å². The molecule has 0 radical (unpaired) electrons. The van der Waals surface area contributed by atoms with Gasteiger partial charge in [-0.15, -0.1) is 0 Å². The average molecular weight is 761 g/mol. The number of hydrogen-bond donors (Lipinski definition) is 0. The molecular weight excluding hydrogens is 677 g/mol. The van der Waals surface area contributed by atoms with Gasteiger partial charge in [-0.3, -0.25) is 19.2 Å². The SMILES string of the molecule is CCCCCCCCC=CCCCCCCCC(=O)N(C)CCOC(=O)CCC(=O)OCCN(C)C(=O)CCCCCCCC=CCCCCCCCC. The van der Waals surface area contributed by atoms with Crippen molar-refractivity contribution in [2.45, 2.75) is 206 Å². The van der Waals surface area contributed by atoms with Gasteiger partial charge in [0.25, 0.3) is 0 Å². The fourth-order valence-electron chi connectivity index (χ4n) is 6.27. The Labute approximate surface area is 332 Å². The second-order valence-corrected chi connectivity index (χ2v) is 15.2. The molecule has 0 fully saturated rings. The first kappa shape index (κ1) is 51.4. The Morgan fingerprint density at radius 3 is 0.981 bits per heavy atom. The van der Waals surface area contributed by atoms with Crippen LogP contribution in [-0.4, -0.2) is 74.0 Å². The lowest BCUT2D eigenvalue weighted by atomic mass is 10.1. The molecule has 54 heavy (non-hydrogen) atoms. The minimum Gasteiger partial charge on any atom is -0.464 e. The van der Waals surface area contributed by atoms with E-state index >= 15 is 0 Å². The Morgan fingerprint density at radius 2 is 0.667 bits per heavy atom. The number of rotatable bonds is 39. The van der Waals surface area contributed by atoms with E-state index in [9.17, 15) is 19.2 Å². The van der Waals surface area contributed by atoms with E-state index in [-0.39, 0.29) is 37.9 Å². The summed E-state index contributed by atoms with van der Waals surface area (Å²) in [6, 6.07) is 0. The lowest BCUT2D eigenvalue weighted by Gasteiger charge is -2.17. The zero-order valence-corrected chi connectivity index (χ0v) is 35.7. The number of esters is 2. The lowest BCUT2D eigenvalue weighted by Crippen LogP contribution is -2.31. The Morgan fingerprint density at radius 1 is 0.389 bits per heavy atom. The van der Waals surface area contributed by atoms with Crippen molar-refractivity contribution in [2.75, 3.05) is 40.4 Å². The maximum Gasteiger partial charge on any atom is 0.306 e. The van der Waals surface area contributed by atoms with Crippen LogP contribution >= 0.6 is 0 Å². The molecule has 0 aliphatic rings. The number of likely N-dealkylation sites (N-methyl/N-ethyl adjacent to an activating group) is 2. The summed E-state index contributed by atoms with van der Waals surface area (Å²) < 4.78 is 10.4. The van der Waals surface area contributed by atoms with Crippen LogP contribution in [0.15, 0.2) is 24.3 Å². The minimum atomic E-state index is -0.489. The fraction of sp³-hybridized carbons (Fsp3) is 0.826. The molecule has 0 unspecified atom stereocenters. The molecule has 8 heteroatoms. The summed E-state index contributed by atoms with van der Waals surface area (Å²) in [6.07, 6.45) is 42.0. The first-order chi connectivity index (χ1) is 26.3. The number of hydrogen-bond acceptors (Lipinski definition) is 6. The zero-order chi connectivity index (χ0) is 39.7. The van der Waals surface area contributed by atoms with E-state index in [2.05, 4.69) is 38.2 Å². The van der Waals surface area contributed by atoms with Crippen LogP contribution in [0.25, 0.3) is 0 Å². The van der Waals surface area contributed by atoms with Crippen LogP contribution < -0.4 is 0 Å². The van der Waals surface area contributed by atoms with E-state index in [1.165, 1.54) is 116 Å². The second kappa shape index (κ2) is 40.0. The summed E-state index contributed by atoms with van der Waals surface area (Å²) in [7, 11) is 3.46. The highest BCUT2D eigenvalue weighted by Gasteiger charge is 2.13. The van der Waals surface area contributed by atoms with Gasteiger partial charge >= 0.3 is 11.9 Å². The smallest absolute Gasteiger partial charge is 0.306 e. The van der Waals surface area contributed by atoms with E-state index in [4.69, 9.17) is 9.47 Å². The highest BCUT2D eigenvalue weighted by Crippen LogP contribution is 2.12. The van der Waals surface area contributed by atoms with E-state index in [0.29, 0.717) is 25.9 Å². The van der Waals surface area contributed by atoms with Crippen molar-refractivity contribution in [1.82, 2.24) is 9.80 Å². The molecule has 8 nitrogen and oxygen atoms in total. The van der Waals surface area contributed by atoms with Gasteiger partial charge in [-0.2, -0.15) is 0 Å². The predicted molar refractivity (Wildman–Crippen MR) is 225 cm³/mol. The number of carbonyl (C=O) groups excluding carboxylic acids is 4. The second-order valence-electron chi connectivity index (χ2n) is 15.2. The third-order valence-corrected chi connectivity index (χ3v) is 10.1. The Kier molecular flexibility index (Phi) is 38.1. The van der Waals surface area contributed by atoms with Gasteiger partial charge in [-0.25, -0.2) is 0 Å². The average Bonchev–Trinajstić information content (AvgIpc) is 3.16. The maximum absolute atomic E-state index is 12.4. The Hall–Kier alpha value is -2.64. The lowest BCUT2D eigenvalue weighted by molar-refractivity contribution is -0.151. The summed E-state index contributed by atoms with van der Waals surface area (Å²) in [5.41, 5.74) is 0. The molecule has 0 heterocycles. The van der Waals surface area contributed by atoms with Crippen LogP contribution in [0.2, 0.25) is 0 Å². The monoisotopic (exact) mass is 761 g/mol. The molecule has 314 valence electrons. The summed E-state index contributed by atoms with van der Waals surface area (Å²) in [4.78, 5) is 52.2. The normalized spacial score (nSPS) is 11.4. The van der Waals surface area contributed by atoms with Gasteiger partial charge in [0.15, 0.2) is 0 Å². The van der Waals surface area contributed by atoms with Crippen LogP contribution in [0.1, 0.15) is 206 Å². The number of ether oxygens (including phenoxy) is 2. The van der Waals surface area contributed by atoms with E-state index in [0.717, 1.165) is 51.4 Å². The quantitative estimate of drug-likeness (QED) is 0.0352. The van der Waals surface area contributed by atoms with Crippen LogP contribution in [0.4, 0.5) is 0 Å². The molecule has 0 aromatic rings. The third kappa shape index (κ3) is 36.3. The van der Waals surface area contributed by atoms with Crippen LogP contribution in [0, 0.1) is 0 Å². The predicted octanol–water partition coefficient (Wildman–Crippen LogP) is 11.8. The van der Waals surface area contributed by atoms with Gasteiger partial charge in [0.2, 0.25) is 11.8 Å². The van der Waals surface area contributed by atoms with Crippen LogP contribution in [-0.2, 0) is 28.7 Å². The molecule has 0 aromatic heterocycles. The highest BCUT2D eigenvalue weighted by molar-refractivity contribution is 5.78. The zero-order valence-electron chi connectivity index (χ0n) is 35.7. The third-order valence-electron chi connectivity index (χ3n) is 10.1. The van der Waals surface area contributed by atoms with Crippen molar-refractivity contribution in [3.8, 4) is 0 Å². The van der Waals surface area contributed by atoms with Crippen molar-refractivity contribution >= 4 is 23.8 Å². The summed E-state index contributed by atoms with van der Waals surface area (Å²) in [5.74, 6) is -0.860. The summed E-state index contributed by atoms with van der Waals surface area (Å²) in [5, 5.41) is 0. The van der Waals surface area contributed by atoms with Crippen LogP contribution in [0.5, 0.6) is 0 Å². The van der Waals surface area contributed by atoms with Crippen LogP contribution in [0.3, 0.4) is 0 Å². The molecule has 0 aromatic carbocycles. The summed E-state index contributed by atoms with van der Waals surface area (Å²) >= 11 is 0. The molecule has 0 saturated carbocycles. The molecule has 0 rings (SSSR count). The fourth-order valence-corrected chi connectivity index (χ4v) is 6.27. The van der Waals surface area contributed by atoms with Crippen molar-refractivity contribution in [3.05, 3.63) is 24.3 Å². The van der Waals surface area contributed by atoms with Crippen molar-refractivity contribution < 1.29 is 28.7 Å². The molecule has 0 spiro atoms. The number of unbranched alkanes of at least 4 members (excludes halogenated alkanes) is 22. The molecule has 0 atom stereocenters. The molecule has 0 N–H and O–H groups in total. The van der Waals surface area contributed by atoms with Gasteiger partial charge in [-0.05, 0) is 64.2 Å². The Bertz CT molecular complexity index is 889. The number of nitrogens with zero attached hydrogens (tertiary/aromatic N) is 2. The topological polar surface area (TPSA) is 93.2 Å². The molecular formula is C46H84N2O6. The summed E-state index contributed by atoms with van der Waals surface area (Å²) in [6.45, 7) is 5.38. The van der Waals surface area contributed by atoms with Gasteiger partial charge in [0.05, 0.1) is 25.9 Å². The molecule has 0 aliphatic carbocycles. The Balaban J connectivity index is 3.68. The minimum absolute atomic E-state index is 0.0587. The first-order valence-electron chi connectivity index (χ1n) is 22.4. The van der Waals surface area contributed by atoms with Crippen molar-refractivity contribution in [2.24, 2.45) is 0 Å². The molecule has 0 bridgehead atoms. The first-order valence-corrected chi connectivity index (χ1v) is 22.4. The maximum atomic E-state index is 12.4. The number of allylic oxidation sites excluding steroid dienone is 4.